The SMILES string of the molecule is C[C@@H](C(=O)N1CCc2ccccc21)N1CCN(Cc2ccccc2)CC1. The number of carbonyl (C=O) groups is 1. The highest BCUT2D eigenvalue weighted by atomic mass is 16.2. The molecule has 1 amide bonds. The van der Waals surface area contributed by atoms with Crippen molar-refractivity contribution in [1.82, 2.24) is 9.80 Å². The molecule has 0 unspecified atom stereocenters. The number of piperazine rings is 1. The van der Waals surface area contributed by atoms with Crippen molar-refractivity contribution in [3.8, 4) is 0 Å². The fourth-order valence-electron chi connectivity index (χ4n) is 4.10. The Bertz CT molecular complexity index is 753. The fourth-order valence-corrected chi connectivity index (χ4v) is 4.10. The number of hydrogen-bond donors (Lipinski definition) is 0. The van der Waals surface area contributed by atoms with Crippen molar-refractivity contribution in [2.75, 3.05) is 37.6 Å². The summed E-state index contributed by atoms with van der Waals surface area (Å²) >= 11 is 0. The molecule has 2 aromatic carbocycles. The predicted octanol–water partition coefficient (Wildman–Crippen LogP) is 2.78. The van der Waals surface area contributed by atoms with Crippen LogP contribution in [0.25, 0.3) is 0 Å². The molecular formula is C22H27N3O. The van der Waals surface area contributed by atoms with Crippen LogP contribution in [0, 0.1) is 0 Å². The van der Waals surface area contributed by atoms with Crippen molar-refractivity contribution in [3.05, 3.63) is 65.7 Å². The largest absolute Gasteiger partial charge is 0.310 e. The Labute approximate surface area is 156 Å². The van der Waals surface area contributed by atoms with Gasteiger partial charge in [0.05, 0.1) is 6.04 Å². The van der Waals surface area contributed by atoms with E-state index in [4.69, 9.17) is 0 Å². The molecular weight excluding hydrogens is 322 g/mol. The van der Waals surface area contributed by atoms with Gasteiger partial charge in [0.15, 0.2) is 0 Å². The van der Waals surface area contributed by atoms with Crippen LogP contribution in [-0.2, 0) is 17.8 Å². The first-order valence-corrected chi connectivity index (χ1v) is 9.62. The number of nitrogens with zero attached hydrogens (tertiary/aromatic N) is 3. The summed E-state index contributed by atoms with van der Waals surface area (Å²) in [6, 6.07) is 18.9. The maximum Gasteiger partial charge on any atom is 0.244 e. The van der Waals surface area contributed by atoms with E-state index in [-0.39, 0.29) is 11.9 Å². The average molecular weight is 349 g/mol. The lowest BCUT2D eigenvalue weighted by atomic mass is 10.1. The Kier molecular flexibility index (Phi) is 5.05. The van der Waals surface area contributed by atoms with E-state index in [1.54, 1.807) is 0 Å². The molecule has 2 aliphatic rings. The molecule has 0 N–H and O–H groups in total. The Morgan fingerprint density at radius 2 is 1.62 bits per heavy atom. The van der Waals surface area contributed by atoms with E-state index in [1.165, 1.54) is 11.1 Å². The molecule has 0 aliphatic carbocycles. The molecule has 2 heterocycles. The van der Waals surface area contributed by atoms with Gasteiger partial charge in [-0.05, 0) is 30.5 Å². The van der Waals surface area contributed by atoms with E-state index in [2.05, 4.69) is 65.3 Å². The number of carbonyl (C=O) groups excluding carboxylic acids is 1. The number of para-hydroxylation sites is 1. The molecule has 1 fully saturated rings. The summed E-state index contributed by atoms with van der Waals surface area (Å²) in [5.41, 5.74) is 3.76. The maximum atomic E-state index is 13.1. The lowest BCUT2D eigenvalue weighted by molar-refractivity contribution is -0.123. The van der Waals surface area contributed by atoms with Crippen LogP contribution in [0.4, 0.5) is 5.69 Å². The summed E-state index contributed by atoms with van der Waals surface area (Å²) in [7, 11) is 0. The van der Waals surface area contributed by atoms with Gasteiger partial charge in [-0.3, -0.25) is 14.6 Å². The third kappa shape index (κ3) is 3.53. The smallest absolute Gasteiger partial charge is 0.244 e. The number of anilines is 1. The number of rotatable bonds is 4. The second kappa shape index (κ2) is 7.60. The van der Waals surface area contributed by atoms with E-state index in [0.717, 1.165) is 51.4 Å². The molecule has 4 rings (SSSR count). The van der Waals surface area contributed by atoms with Crippen LogP contribution in [0.15, 0.2) is 54.6 Å². The fraction of sp³-hybridized carbons (Fsp3) is 0.409. The van der Waals surface area contributed by atoms with Crippen molar-refractivity contribution in [1.29, 1.82) is 0 Å². The molecule has 0 spiro atoms. The molecule has 0 saturated carbocycles. The zero-order valence-electron chi connectivity index (χ0n) is 15.5. The predicted molar refractivity (Wildman–Crippen MR) is 105 cm³/mol. The molecule has 4 nitrogen and oxygen atoms in total. The number of fused-ring (bicyclic) bond motifs is 1. The lowest BCUT2D eigenvalue weighted by Gasteiger charge is -2.38. The minimum absolute atomic E-state index is 0.0555. The first-order chi connectivity index (χ1) is 12.7. The van der Waals surface area contributed by atoms with Gasteiger partial charge in [0.1, 0.15) is 0 Å². The van der Waals surface area contributed by atoms with E-state index in [0.29, 0.717) is 0 Å². The highest BCUT2D eigenvalue weighted by Gasteiger charge is 2.32. The van der Waals surface area contributed by atoms with Crippen LogP contribution in [0.1, 0.15) is 18.1 Å². The van der Waals surface area contributed by atoms with Gasteiger partial charge in [-0.1, -0.05) is 48.5 Å². The minimum Gasteiger partial charge on any atom is -0.310 e. The standard InChI is InChI=1S/C22H27N3O/c1-18(22(26)25-12-11-20-9-5-6-10-21(20)25)24-15-13-23(14-16-24)17-19-7-3-2-4-8-19/h2-10,18H,11-17H2,1H3/t18-/m0/s1. The summed E-state index contributed by atoms with van der Waals surface area (Å²) in [6.45, 7) is 7.82. The second-order valence-electron chi connectivity index (χ2n) is 7.34. The third-order valence-corrected chi connectivity index (χ3v) is 5.71. The quantitative estimate of drug-likeness (QED) is 0.849. The molecule has 136 valence electrons. The third-order valence-electron chi connectivity index (χ3n) is 5.71. The summed E-state index contributed by atoms with van der Waals surface area (Å²) in [4.78, 5) is 19.9. The molecule has 1 atom stereocenters. The van der Waals surface area contributed by atoms with Crippen molar-refractivity contribution >= 4 is 11.6 Å². The lowest BCUT2D eigenvalue weighted by Crippen LogP contribution is -2.54. The Hall–Kier alpha value is -2.17. The number of benzene rings is 2. The van der Waals surface area contributed by atoms with Gasteiger partial charge >= 0.3 is 0 Å². The summed E-state index contributed by atoms with van der Waals surface area (Å²) in [6.07, 6.45) is 0.972. The normalized spacial score (nSPS) is 19.3. The van der Waals surface area contributed by atoms with Gasteiger partial charge in [0.25, 0.3) is 0 Å². The molecule has 2 aliphatic heterocycles. The van der Waals surface area contributed by atoms with Crippen LogP contribution < -0.4 is 4.90 Å². The van der Waals surface area contributed by atoms with Crippen molar-refractivity contribution in [2.45, 2.75) is 25.9 Å². The molecule has 4 heteroatoms. The van der Waals surface area contributed by atoms with E-state index in [9.17, 15) is 4.79 Å². The molecule has 0 radical (unpaired) electrons. The van der Waals surface area contributed by atoms with Crippen LogP contribution in [0.2, 0.25) is 0 Å². The Morgan fingerprint density at radius 1 is 0.923 bits per heavy atom. The van der Waals surface area contributed by atoms with Crippen LogP contribution in [-0.4, -0.2) is 54.5 Å². The monoisotopic (exact) mass is 349 g/mol. The number of amides is 1. The highest BCUT2D eigenvalue weighted by Crippen LogP contribution is 2.28. The van der Waals surface area contributed by atoms with E-state index >= 15 is 0 Å². The van der Waals surface area contributed by atoms with E-state index < -0.39 is 0 Å². The zero-order chi connectivity index (χ0) is 17.9. The van der Waals surface area contributed by atoms with Gasteiger partial charge in [-0.25, -0.2) is 0 Å². The molecule has 1 saturated heterocycles. The Balaban J connectivity index is 1.34. The molecule has 26 heavy (non-hydrogen) atoms. The summed E-state index contributed by atoms with van der Waals surface area (Å²) < 4.78 is 0. The van der Waals surface area contributed by atoms with Crippen LogP contribution in [0.5, 0.6) is 0 Å². The molecule has 0 aromatic heterocycles. The van der Waals surface area contributed by atoms with Crippen molar-refractivity contribution in [3.63, 3.8) is 0 Å². The number of hydrogen-bond acceptors (Lipinski definition) is 3. The summed E-state index contributed by atoms with van der Waals surface area (Å²) in [5.74, 6) is 0.242. The Morgan fingerprint density at radius 3 is 2.38 bits per heavy atom. The zero-order valence-corrected chi connectivity index (χ0v) is 15.5. The van der Waals surface area contributed by atoms with E-state index in [1.807, 2.05) is 11.0 Å². The first-order valence-electron chi connectivity index (χ1n) is 9.62. The highest BCUT2D eigenvalue weighted by molar-refractivity contribution is 5.98. The minimum atomic E-state index is -0.0555. The van der Waals surface area contributed by atoms with Crippen molar-refractivity contribution < 1.29 is 4.79 Å². The van der Waals surface area contributed by atoms with Gasteiger partial charge in [-0.2, -0.15) is 0 Å². The maximum absolute atomic E-state index is 13.1. The second-order valence-corrected chi connectivity index (χ2v) is 7.34. The first kappa shape index (κ1) is 17.3. The molecule has 0 bridgehead atoms. The van der Waals surface area contributed by atoms with Gasteiger partial charge in [-0.15, -0.1) is 0 Å². The van der Waals surface area contributed by atoms with Gasteiger partial charge in [0.2, 0.25) is 5.91 Å². The van der Waals surface area contributed by atoms with Crippen LogP contribution >= 0.6 is 0 Å². The van der Waals surface area contributed by atoms with Crippen molar-refractivity contribution in [2.24, 2.45) is 0 Å². The summed E-state index contributed by atoms with van der Waals surface area (Å²) in [5, 5.41) is 0. The van der Waals surface area contributed by atoms with Gasteiger partial charge in [0, 0.05) is 45.0 Å². The van der Waals surface area contributed by atoms with Gasteiger partial charge < -0.3 is 4.90 Å². The van der Waals surface area contributed by atoms with Crippen LogP contribution in [0.3, 0.4) is 0 Å². The molecule has 2 aromatic rings. The average Bonchev–Trinajstić information content (AvgIpc) is 3.12. The topological polar surface area (TPSA) is 26.8 Å².